The van der Waals surface area contributed by atoms with Gasteiger partial charge < -0.3 is 5.32 Å². The molecule has 1 atom stereocenters. The summed E-state index contributed by atoms with van der Waals surface area (Å²) in [5, 5.41) is 5.67. The summed E-state index contributed by atoms with van der Waals surface area (Å²) < 4.78 is 0. The average molecular weight is 329 g/mol. The summed E-state index contributed by atoms with van der Waals surface area (Å²) in [4.78, 5) is 4.59. The number of rotatable bonds is 2. The highest BCUT2D eigenvalue weighted by molar-refractivity contribution is 8.14. The van der Waals surface area contributed by atoms with Crippen molar-refractivity contribution in [1.82, 2.24) is 5.32 Å². The van der Waals surface area contributed by atoms with Crippen LogP contribution in [0.5, 0.6) is 0 Å². The molecule has 2 aromatic carbocycles. The summed E-state index contributed by atoms with van der Waals surface area (Å²) >= 11 is 8.25. The third-order valence-electron chi connectivity index (χ3n) is 4.44. The summed E-state index contributed by atoms with van der Waals surface area (Å²) in [5.41, 5.74) is 3.78. The summed E-state index contributed by atoms with van der Waals surface area (Å²) in [7, 11) is 0. The smallest absolute Gasteiger partial charge is 0.157 e. The van der Waals surface area contributed by atoms with Crippen LogP contribution in [-0.4, -0.2) is 17.5 Å². The van der Waals surface area contributed by atoms with Crippen molar-refractivity contribution in [2.24, 2.45) is 4.99 Å². The number of hydrogen-bond acceptors (Lipinski definition) is 3. The van der Waals surface area contributed by atoms with Crippen LogP contribution in [-0.2, 0) is 18.4 Å². The normalized spacial score (nSPS) is 23.2. The van der Waals surface area contributed by atoms with E-state index in [2.05, 4.69) is 46.7 Å². The van der Waals surface area contributed by atoms with Gasteiger partial charge in [-0.2, -0.15) is 0 Å². The van der Waals surface area contributed by atoms with E-state index in [0.717, 1.165) is 35.3 Å². The fraction of sp³-hybridized carbons (Fsp3) is 0.278. The molecule has 1 N–H and O–H groups in total. The third kappa shape index (κ3) is 2.42. The van der Waals surface area contributed by atoms with Crippen molar-refractivity contribution in [2.45, 2.75) is 18.4 Å². The van der Waals surface area contributed by atoms with Crippen molar-refractivity contribution in [3.8, 4) is 0 Å². The van der Waals surface area contributed by atoms with E-state index in [1.807, 2.05) is 23.9 Å². The minimum atomic E-state index is -0.134. The molecule has 0 saturated carbocycles. The summed E-state index contributed by atoms with van der Waals surface area (Å²) in [5.74, 6) is 1.07. The van der Waals surface area contributed by atoms with Gasteiger partial charge in [0.25, 0.3) is 0 Å². The Kier molecular flexibility index (Phi) is 3.63. The van der Waals surface area contributed by atoms with Crippen LogP contribution >= 0.6 is 23.4 Å². The number of halogens is 1. The van der Waals surface area contributed by atoms with Crippen LogP contribution < -0.4 is 5.32 Å². The Balaban J connectivity index is 1.76. The maximum Gasteiger partial charge on any atom is 0.157 e. The predicted molar refractivity (Wildman–Crippen MR) is 94.9 cm³/mol. The molecule has 0 aromatic heterocycles. The Morgan fingerprint density at radius 3 is 2.64 bits per heavy atom. The van der Waals surface area contributed by atoms with E-state index < -0.39 is 0 Å². The van der Waals surface area contributed by atoms with Gasteiger partial charge in [0.2, 0.25) is 0 Å². The number of thioether (sulfide) groups is 1. The van der Waals surface area contributed by atoms with E-state index in [4.69, 9.17) is 11.6 Å². The second-order valence-electron chi connectivity index (χ2n) is 5.84. The highest BCUT2D eigenvalue weighted by Crippen LogP contribution is 2.41. The van der Waals surface area contributed by atoms with Crippen molar-refractivity contribution in [1.29, 1.82) is 0 Å². The van der Waals surface area contributed by atoms with Crippen LogP contribution in [0.2, 0.25) is 5.02 Å². The molecular weight excluding hydrogens is 312 g/mol. The molecule has 0 radical (unpaired) electrons. The number of benzene rings is 2. The molecule has 0 spiro atoms. The zero-order valence-electron chi connectivity index (χ0n) is 12.2. The zero-order chi connectivity index (χ0) is 15.0. The molecule has 1 heterocycles. The van der Waals surface area contributed by atoms with Gasteiger partial charge in [-0.25, -0.2) is 0 Å². The third-order valence-corrected chi connectivity index (χ3v) is 5.69. The maximum atomic E-state index is 6.44. The molecule has 22 heavy (non-hydrogen) atoms. The molecule has 0 fully saturated rings. The van der Waals surface area contributed by atoms with Crippen LogP contribution in [0.3, 0.4) is 0 Å². The lowest BCUT2D eigenvalue weighted by molar-refractivity contribution is 0.419. The van der Waals surface area contributed by atoms with Crippen molar-refractivity contribution in [3.05, 3.63) is 70.2 Å². The predicted octanol–water partition coefficient (Wildman–Crippen LogP) is 4.03. The summed E-state index contributed by atoms with van der Waals surface area (Å²) in [6.07, 6.45) is 1.86. The standard InChI is InChI=1S/C18H17ClN2S/c19-16-8-4-5-13-11-18(12-15(13)16,14-6-2-1-3-7-14)21-17-20-9-10-22-17/h1-8H,9-12H2,(H,20,21). The van der Waals surface area contributed by atoms with Crippen LogP contribution in [0.1, 0.15) is 16.7 Å². The number of nitrogens with one attached hydrogen (secondary N) is 1. The lowest BCUT2D eigenvalue weighted by Gasteiger charge is -2.32. The van der Waals surface area contributed by atoms with Gasteiger partial charge in [0, 0.05) is 23.6 Å². The lowest BCUT2D eigenvalue weighted by atomic mass is 9.87. The van der Waals surface area contributed by atoms with Crippen molar-refractivity contribution >= 4 is 28.5 Å². The number of aliphatic imine (C=N–C) groups is 1. The fourth-order valence-corrected chi connectivity index (χ4v) is 4.48. The first-order chi connectivity index (χ1) is 10.8. The van der Waals surface area contributed by atoms with Gasteiger partial charge in [0.05, 0.1) is 12.1 Å². The molecule has 4 rings (SSSR count). The van der Waals surface area contributed by atoms with E-state index >= 15 is 0 Å². The number of fused-ring (bicyclic) bond motifs is 1. The first-order valence-corrected chi connectivity index (χ1v) is 8.90. The summed E-state index contributed by atoms with van der Waals surface area (Å²) in [6.45, 7) is 0.908. The van der Waals surface area contributed by atoms with Crippen molar-refractivity contribution in [2.75, 3.05) is 12.3 Å². The molecule has 0 saturated heterocycles. The molecule has 4 heteroatoms. The highest BCUT2D eigenvalue weighted by atomic mass is 35.5. The van der Waals surface area contributed by atoms with Gasteiger partial charge in [-0.1, -0.05) is 65.8 Å². The van der Waals surface area contributed by atoms with E-state index in [9.17, 15) is 0 Å². The van der Waals surface area contributed by atoms with E-state index in [-0.39, 0.29) is 5.54 Å². The number of nitrogens with zero attached hydrogens (tertiary/aromatic N) is 1. The van der Waals surface area contributed by atoms with Gasteiger partial charge >= 0.3 is 0 Å². The van der Waals surface area contributed by atoms with Crippen LogP contribution in [0.4, 0.5) is 0 Å². The lowest BCUT2D eigenvalue weighted by Crippen LogP contribution is -2.45. The Bertz CT molecular complexity index is 729. The Hall–Kier alpha value is -1.45. The number of amidine groups is 1. The van der Waals surface area contributed by atoms with Crippen molar-refractivity contribution < 1.29 is 0 Å². The SMILES string of the molecule is Clc1cccc2c1CC(NC1=NCCS1)(c1ccccc1)C2. The second kappa shape index (κ2) is 5.64. The van der Waals surface area contributed by atoms with E-state index in [1.54, 1.807) is 0 Å². The van der Waals surface area contributed by atoms with Gasteiger partial charge in [0.1, 0.15) is 0 Å². The Morgan fingerprint density at radius 2 is 1.91 bits per heavy atom. The van der Waals surface area contributed by atoms with Gasteiger partial charge in [-0.3, -0.25) is 4.99 Å². The van der Waals surface area contributed by atoms with Crippen LogP contribution in [0, 0.1) is 0 Å². The molecule has 0 amide bonds. The fourth-order valence-electron chi connectivity index (χ4n) is 3.39. The average Bonchev–Trinajstić information content (AvgIpc) is 3.17. The largest absolute Gasteiger partial charge is 0.355 e. The molecular formula is C18H17ClN2S. The first kappa shape index (κ1) is 14.2. The Labute approximate surface area is 140 Å². The molecule has 2 aliphatic rings. The van der Waals surface area contributed by atoms with Gasteiger partial charge in [0.15, 0.2) is 5.17 Å². The molecule has 0 bridgehead atoms. The Morgan fingerprint density at radius 1 is 1.05 bits per heavy atom. The van der Waals surface area contributed by atoms with Gasteiger partial charge in [-0.05, 0) is 22.8 Å². The second-order valence-corrected chi connectivity index (χ2v) is 7.33. The topological polar surface area (TPSA) is 24.4 Å². The summed E-state index contributed by atoms with van der Waals surface area (Å²) in [6, 6.07) is 16.9. The maximum absolute atomic E-state index is 6.44. The van der Waals surface area contributed by atoms with Crippen LogP contribution in [0.15, 0.2) is 53.5 Å². The quantitative estimate of drug-likeness (QED) is 0.900. The van der Waals surface area contributed by atoms with Crippen LogP contribution in [0.25, 0.3) is 0 Å². The molecule has 1 aliphatic heterocycles. The molecule has 1 unspecified atom stereocenters. The highest BCUT2D eigenvalue weighted by Gasteiger charge is 2.40. The zero-order valence-corrected chi connectivity index (χ0v) is 13.8. The molecule has 112 valence electrons. The van der Waals surface area contributed by atoms with E-state index in [0.29, 0.717) is 0 Å². The minimum absolute atomic E-state index is 0.134. The number of hydrogen-bond donors (Lipinski definition) is 1. The van der Waals surface area contributed by atoms with Crippen molar-refractivity contribution in [3.63, 3.8) is 0 Å². The van der Waals surface area contributed by atoms with Gasteiger partial charge in [-0.15, -0.1) is 0 Å². The minimum Gasteiger partial charge on any atom is -0.355 e. The van der Waals surface area contributed by atoms with E-state index in [1.165, 1.54) is 16.7 Å². The molecule has 2 aromatic rings. The molecule has 1 aliphatic carbocycles. The first-order valence-electron chi connectivity index (χ1n) is 7.54. The monoisotopic (exact) mass is 328 g/mol. The molecule has 2 nitrogen and oxygen atoms in total.